The van der Waals surface area contributed by atoms with Crippen LogP contribution in [-0.4, -0.2) is 26.0 Å². The highest BCUT2D eigenvalue weighted by Gasteiger charge is 2.26. The smallest absolute Gasteiger partial charge is 0.231 e. The maximum atomic E-state index is 5.71. The predicted octanol–water partition coefficient (Wildman–Crippen LogP) is 2.32. The van der Waals surface area contributed by atoms with E-state index in [4.69, 9.17) is 14.2 Å². The van der Waals surface area contributed by atoms with E-state index >= 15 is 0 Å². The van der Waals surface area contributed by atoms with Gasteiger partial charge in [0.2, 0.25) is 6.79 Å². The highest BCUT2D eigenvalue weighted by Crippen LogP contribution is 2.35. The van der Waals surface area contributed by atoms with E-state index in [0.717, 1.165) is 44.0 Å². The van der Waals surface area contributed by atoms with Gasteiger partial charge in [-0.1, -0.05) is 19.1 Å². The fourth-order valence-electron chi connectivity index (χ4n) is 2.90. The Morgan fingerprint density at radius 1 is 1.32 bits per heavy atom. The Balaban J connectivity index is 1.54. The topological polar surface area (TPSA) is 39.7 Å². The van der Waals surface area contributed by atoms with Crippen LogP contribution in [0.2, 0.25) is 0 Å². The Kier molecular flexibility index (Phi) is 3.89. The lowest BCUT2D eigenvalue weighted by molar-refractivity contribution is 0.0872. The molecule has 2 atom stereocenters. The van der Waals surface area contributed by atoms with Gasteiger partial charge < -0.3 is 19.5 Å². The number of fused-ring (bicyclic) bond motifs is 1. The van der Waals surface area contributed by atoms with E-state index < -0.39 is 0 Å². The Morgan fingerprint density at radius 3 is 3.16 bits per heavy atom. The fraction of sp³-hybridized carbons (Fsp3) is 0.600. The van der Waals surface area contributed by atoms with Crippen LogP contribution in [-0.2, 0) is 11.3 Å². The second-order valence-corrected chi connectivity index (χ2v) is 5.15. The van der Waals surface area contributed by atoms with Crippen LogP contribution in [0.5, 0.6) is 11.5 Å². The summed E-state index contributed by atoms with van der Waals surface area (Å²) in [5.74, 6) is 2.39. The summed E-state index contributed by atoms with van der Waals surface area (Å²) in [6, 6.07) is 6.05. The zero-order chi connectivity index (χ0) is 13.1. The van der Waals surface area contributed by atoms with E-state index in [1.807, 2.05) is 12.1 Å². The second kappa shape index (κ2) is 5.80. The van der Waals surface area contributed by atoms with Crippen molar-refractivity contribution in [2.24, 2.45) is 5.92 Å². The number of nitrogens with one attached hydrogen (secondary N) is 1. The summed E-state index contributed by atoms with van der Waals surface area (Å²) in [4.78, 5) is 0. The Hall–Kier alpha value is -1.26. The van der Waals surface area contributed by atoms with Crippen LogP contribution >= 0.6 is 0 Å². The van der Waals surface area contributed by atoms with Crippen molar-refractivity contribution in [2.45, 2.75) is 32.4 Å². The molecule has 1 aromatic rings. The monoisotopic (exact) mass is 263 g/mol. The van der Waals surface area contributed by atoms with E-state index in [2.05, 4.69) is 18.3 Å². The summed E-state index contributed by atoms with van der Waals surface area (Å²) in [6.07, 6.45) is 2.69. The molecule has 104 valence electrons. The average molecular weight is 263 g/mol. The first-order valence-electron chi connectivity index (χ1n) is 7.08. The lowest BCUT2D eigenvalue weighted by atomic mass is 9.99. The zero-order valence-electron chi connectivity index (χ0n) is 11.4. The van der Waals surface area contributed by atoms with E-state index in [-0.39, 0.29) is 0 Å². The van der Waals surface area contributed by atoms with Gasteiger partial charge >= 0.3 is 0 Å². The molecule has 0 amide bonds. The number of hydrogen-bond acceptors (Lipinski definition) is 4. The number of rotatable bonds is 5. The molecule has 1 aromatic carbocycles. The maximum Gasteiger partial charge on any atom is 0.231 e. The predicted molar refractivity (Wildman–Crippen MR) is 72.4 cm³/mol. The molecule has 0 spiro atoms. The number of hydrogen-bond donors (Lipinski definition) is 1. The van der Waals surface area contributed by atoms with Crippen molar-refractivity contribution < 1.29 is 14.2 Å². The minimum atomic E-state index is 0.334. The van der Waals surface area contributed by atoms with Crippen molar-refractivity contribution in [1.82, 2.24) is 5.32 Å². The van der Waals surface area contributed by atoms with Crippen molar-refractivity contribution in [1.29, 1.82) is 0 Å². The number of para-hydroxylation sites is 1. The normalized spacial score (nSPS) is 24.9. The minimum Gasteiger partial charge on any atom is -0.454 e. The molecule has 19 heavy (non-hydrogen) atoms. The van der Waals surface area contributed by atoms with Gasteiger partial charge in [-0.05, 0) is 24.8 Å². The molecular weight excluding hydrogens is 242 g/mol. The van der Waals surface area contributed by atoms with E-state index in [0.29, 0.717) is 18.8 Å². The van der Waals surface area contributed by atoms with Crippen LogP contribution in [0.15, 0.2) is 18.2 Å². The molecule has 0 saturated carbocycles. The van der Waals surface area contributed by atoms with Gasteiger partial charge in [0.15, 0.2) is 11.5 Å². The zero-order valence-corrected chi connectivity index (χ0v) is 11.4. The Labute approximate surface area is 114 Å². The number of benzene rings is 1. The fourth-order valence-corrected chi connectivity index (χ4v) is 2.90. The summed E-state index contributed by atoms with van der Waals surface area (Å²) in [6.45, 7) is 5.25. The lowest BCUT2D eigenvalue weighted by Gasteiger charge is -2.17. The summed E-state index contributed by atoms with van der Waals surface area (Å²) < 4.78 is 16.6. The van der Waals surface area contributed by atoms with Gasteiger partial charge in [0, 0.05) is 25.3 Å². The summed E-state index contributed by atoms with van der Waals surface area (Å²) >= 11 is 0. The third kappa shape index (κ3) is 2.69. The molecule has 0 aromatic heterocycles. The van der Waals surface area contributed by atoms with Crippen molar-refractivity contribution >= 4 is 0 Å². The van der Waals surface area contributed by atoms with E-state index in [1.165, 1.54) is 5.56 Å². The third-order valence-corrected chi connectivity index (χ3v) is 3.95. The van der Waals surface area contributed by atoms with Gasteiger partial charge in [0.05, 0.1) is 6.10 Å². The molecule has 1 N–H and O–H groups in total. The molecule has 2 aliphatic heterocycles. The average Bonchev–Trinajstić information content (AvgIpc) is 3.07. The highest BCUT2D eigenvalue weighted by molar-refractivity contribution is 5.48. The first kappa shape index (κ1) is 12.8. The third-order valence-electron chi connectivity index (χ3n) is 3.95. The summed E-state index contributed by atoms with van der Waals surface area (Å²) in [5.41, 5.74) is 1.17. The molecule has 1 saturated heterocycles. The van der Waals surface area contributed by atoms with Crippen LogP contribution in [0.3, 0.4) is 0 Å². The van der Waals surface area contributed by atoms with E-state index in [1.54, 1.807) is 0 Å². The van der Waals surface area contributed by atoms with Gasteiger partial charge in [0.25, 0.3) is 0 Å². The van der Waals surface area contributed by atoms with Crippen molar-refractivity contribution in [3.8, 4) is 11.5 Å². The number of ether oxygens (including phenoxy) is 3. The first-order valence-corrected chi connectivity index (χ1v) is 7.08. The van der Waals surface area contributed by atoms with Crippen LogP contribution in [0, 0.1) is 5.92 Å². The molecule has 0 radical (unpaired) electrons. The van der Waals surface area contributed by atoms with Crippen LogP contribution in [0.25, 0.3) is 0 Å². The SMILES string of the molecule is CCC1OCCC1CNCc1cccc2c1OCO2. The van der Waals surface area contributed by atoms with Crippen LogP contribution < -0.4 is 14.8 Å². The Morgan fingerprint density at radius 2 is 2.26 bits per heavy atom. The standard InChI is InChI=1S/C15H21NO3/c1-2-13-11(6-7-17-13)8-16-9-12-4-3-5-14-15(12)19-10-18-14/h3-5,11,13,16H,2,6-10H2,1H3. The Bertz CT molecular complexity index is 435. The second-order valence-electron chi connectivity index (χ2n) is 5.15. The van der Waals surface area contributed by atoms with Crippen molar-refractivity contribution in [3.63, 3.8) is 0 Å². The molecule has 2 unspecified atom stereocenters. The molecule has 4 heteroatoms. The molecule has 0 bridgehead atoms. The summed E-state index contributed by atoms with van der Waals surface area (Å²) in [5, 5.41) is 3.52. The summed E-state index contributed by atoms with van der Waals surface area (Å²) in [7, 11) is 0. The first-order chi connectivity index (χ1) is 9.38. The minimum absolute atomic E-state index is 0.334. The van der Waals surface area contributed by atoms with Gasteiger partial charge in [-0.15, -0.1) is 0 Å². The van der Waals surface area contributed by atoms with Crippen LogP contribution in [0.1, 0.15) is 25.3 Å². The quantitative estimate of drug-likeness (QED) is 0.885. The van der Waals surface area contributed by atoms with Crippen LogP contribution in [0.4, 0.5) is 0 Å². The molecule has 3 rings (SSSR count). The molecule has 1 fully saturated rings. The molecule has 2 aliphatic rings. The molecule has 4 nitrogen and oxygen atoms in total. The lowest BCUT2D eigenvalue weighted by Crippen LogP contribution is -2.28. The van der Waals surface area contributed by atoms with E-state index in [9.17, 15) is 0 Å². The van der Waals surface area contributed by atoms with Gasteiger partial charge in [-0.3, -0.25) is 0 Å². The molecule has 0 aliphatic carbocycles. The molecular formula is C15H21NO3. The van der Waals surface area contributed by atoms with Gasteiger partial charge in [-0.25, -0.2) is 0 Å². The van der Waals surface area contributed by atoms with Crippen molar-refractivity contribution in [3.05, 3.63) is 23.8 Å². The highest BCUT2D eigenvalue weighted by atomic mass is 16.7. The molecule has 2 heterocycles. The van der Waals surface area contributed by atoms with Gasteiger partial charge in [0.1, 0.15) is 0 Å². The maximum absolute atomic E-state index is 5.71. The van der Waals surface area contributed by atoms with Gasteiger partial charge in [-0.2, -0.15) is 0 Å². The van der Waals surface area contributed by atoms with Crippen molar-refractivity contribution in [2.75, 3.05) is 19.9 Å². The largest absolute Gasteiger partial charge is 0.454 e.